The second kappa shape index (κ2) is 10.7. The van der Waals surface area contributed by atoms with Crippen LogP contribution in [0.3, 0.4) is 0 Å². The molecule has 0 saturated heterocycles. The number of nitrogen functional groups attached to an aromatic ring is 2. The summed E-state index contributed by atoms with van der Waals surface area (Å²) in [5.41, 5.74) is 16.3. The molecule has 0 saturated carbocycles. The van der Waals surface area contributed by atoms with E-state index in [0.29, 0.717) is 6.07 Å². The zero-order valence-electron chi connectivity index (χ0n) is 13.0. The fraction of sp³-hybridized carbons (Fsp3) is 0.167. The number of rotatable bonds is 4. The normalized spacial score (nSPS) is 10.5. The maximum absolute atomic E-state index is 10.7. The van der Waals surface area contributed by atoms with Crippen molar-refractivity contribution in [2.24, 2.45) is 0 Å². The third kappa shape index (κ3) is 9.24. The predicted octanol–water partition coefficient (Wildman–Crippen LogP) is -2.51. The van der Waals surface area contributed by atoms with Gasteiger partial charge in [0.25, 0.3) is 0 Å². The van der Waals surface area contributed by atoms with Crippen molar-refractivity contribution in [2.45, 2.75) is 9.79 Å². The molecule has 12 heteroatoms. The highest BCUT2D eigenvalue weighted by atomic mass is 32.2. The van der Waals surface area contributed by atoms with Gasteiger partial charge in [0, 0.05) is 0 Å². The molecule has 0 spiro atoms. The first-order valence-corrected chi connectivity index (χ1v) is 9.09. The van der Waals surface area contributed by atoms with Gasteiger partial charge in [-0.15, -0.1) is 0 Å². The zero-order chi connectivity index (χ0) is 19.6. The number of hydrogen-bond acceptors (Lipinski definition) is 8. The molecule has 0 bridgehead atoms. The van der Waals surface area contributed by atoms with Crippen LogP contribution in [0, 0.1) is 0 Å². The highest BCUT2D eigenvalue weighted by Crippen LogP contribution is 2.27. The summed E-state index contributed by atoms with van der Waals surface area (Å²) in [5.74, 6) is 0. The summed E-state index contributed by atoms with van der Waals surface area (Å²) in [6.07, 6.45) is 3.53. The molecule has 0 unspecified atom stereocenters. The predicted molar refractivity (Wildman–Crippen MR) is 87.1 cm³/mol. The Morgan fingerprint density at radius 3 is 1.29 bits per heavy atom. The van der Waals surface area contributed by atoms with Gasteiger partial charge in [0.15, 0.2) is 0 Å². The van der Waals surface area contributed by atoms with E-state index < -0.39 is 41.4 Å². The quantitative estimate of drug-likeness (QED) is 0.246. The summed E-state index contributed by atoms with van der Waals surface area (Å²) in [7, 11) is -9.93. The Labute approximate surface area is 141 Å². The lowest BCUT2D eigenvalue weighted by molar-refractivity contribution is -0.353. The molecule has 0 amide bonds. The third-order valence-electron chi connectivity index (χ3n) is 2.09. The van der Waals surface area contributed by atoms with Gasteiger partial charge in [0.1, 0.15) is 20.2 Å². The minimum atomic E-state index is -4.97. The molecule has 0 fully saturated rings. The van der Waals surface area contributed by atoms with Gasteiger partial charge in [-0.2, -0.15) is 0 Å². The van der Waals surface area contributed by atoms with Crippen molar-refractivity contribution in [1.29, 1.82) is 0 Å². The van der Waals surface area contributed by atoms with Gasteiger partial charge in [0.05, 0.1) is 34.3 Å². The van der Waals surface area contributed by atoms with Crippen molar-refractivity contribution in [3.63, 3.8) is 0 Å². The smallest absolute Gasteiger partial charge is 0.126 e. The van der Waals surface area contributed by atoms with E-state index in [2.05, 4.69) is 24.6 Å². The summed E-state index contributed by atoms with van der Waals surface area (Å²) in [6, 6.07) is 1.09. The van der Waals surface area contributed by atoms with Gasteiger partial charge in [-0.25, -0.2) is 16.8 Å². The Morgan fingerprint density at radius 2 is 1.12 bits per heavy atom. The molecule has 1 aromatic rings. The SMILES string of the molecule is C=CC[NH3+].C=CC[NH3+].Nc1cc(N)c(S(=O)(=O)[O-])cc1S(=O)(=O)[O-]. The molecule has 1 rings (SSSR count). The number of hydrogen-bond donors (Lipinski definition) is 4. The van der Waals surface area contributed by atoms with Gasteiger partial charge < -0.3 is 32.0 Å². The molecular formula is C12H22N4O6S2. The maximum Gasteiger partial charge on any atom is 0.126 e. The molecule has 0 aromatic heterocycles. The van der Waals surface area contributed by atoms with E-state index in [1.807, 2.05) is 0 Å². The van der Waals surface area contributed by atoms with Gasteiger partial charge in [0.2, 0.25) is 0 Å². The highest BCUT2D eigenvalue weighted by molar-refractivity contribution is 7.86. The van der Waals surface area contributed by atoms with Crippen molar-refractivity contribution >= 4 is 31.6 Å². The van der Waals surface area contributed by atoms with Crippen LogP contribution in [0.4, 0.5) is 11.4 Å². The molecule has 1 aromatic carbocycles. The van der Waals surface area contributed by atoms with Gasteiger partial charge in [-0.1, -0.05) is 13.2 Å². The third-order valence-corrected chi connectivity index (χ3v) is 3.87. The van der Waals surface area contributed by atoms with E-state index >= 15 is 0 Å². The Hall–Kier alpha value is -1.96. The van der Waals surface area contributed by atoms with Crippen LogP contribution < -0.4 is 22.9 Å². The molecule has 10 nitrogen and oxygen atoms in total. The van der Waals surface area contributed by atoms with Crippen LogP contribution in [-0.2, 0) is 20.2 Å². The van der Waals surface area contributed by atoms with E-state index in [0.717, 1.165) is 19.2 Å². The number of nitrogens with two attached hydrogens (primary N) is 2. The fourth-order valence-electron chi connectivity index (χ4n) is 1.03. The van der Waals surface area contributed by atoms with Crippen LogP contribution in [-0.4, -0.2) is 39.0 Å². The molecule has 0 heterocycles. The summed E-state index contributed by atoms with van der Waals surface area (Å²) < 4.78 is 64.0. The first kappa shape index (κ1) is 24.3. The Morgan fingerprint density at radius 1 is 0.875 bits per heavy atom. The van der Waals surface area contributed by atoms with Crippen molar-refractivity contribution in [1.82, 2.24) is 0 Å². The lowest BCUT2D eigenvalue weighted by atomic mass is 10.3. The van der Waals surface area contributed by atoms with Gasteiger partial charge in [-0.05, 0) is 24.3 Å². The van der Waals surface area contributed by atoms with E-state index in [4.69, 9.17) is 11.5 Å². The van der Waals surface area contributed by atoms with E-state index in [9.17, 15) is 25.9 Å². The molecule has 138 valence electrons. The average Bonchev–Trinajstić information content (AvgIpc) is 2.45. The Balaban J connectivity index is 0. The second-order valence-corrected chi connectivity index (χ2v) is 6.69. The topological polar surface area (TPSA) is 222 Å². The van der Waals surface area contributed by atoms with Crippen molar-refractivity contribution in [2.75, 3.05) is 24.6 Å². The summed E-state index contributed by atoms with van der Waals surface area (Å²) in [4.78, 5) is -1.98. The number of quaternary nitrogens is 2. The van der Waals surface area contributed by atoms with Gasteiger partial charge >= 0.3 is 0 Å². The van der Waals surface area contributed by atoms with E-state index in [1.54, 1.807) is 12.2 Å². The average molecular weight is 382 g/mol. The standard InChI is InChI=1S/C6H8N2O6S2.2C3H7N/c7-3-1-4(8)6(16(12,13)14)2-5(3)15(9,10)11;2*1-2-3-4/h1-2H,7-8H2,(H,9,10,11)(H,12,13,14);2*2H,1,3-4H2. The fourth-order valence-corrected chi connectivity index (χ4v) is 2.32. The molecule has 0 aliphatic carbocycles. The van der Waals surface area contributed by atoms with Crippen molar-refractivity contribution < 1.29 is 37.4 Å². The molecule has 0 radical (unpaired) electrons. The lowest BCUT2D eigenvalue weighted by Gasteiger charge is -2.15. The molecule has 0 aliphatic heterocycles. The van der Waals surface area contributed by atoms with E-state index in [1.165, 1.54) is 0 Å². The minimum absolute atomic E-state index is 0.356. The second-order valence-electron chi connectivity index (χ2n) is 3.99. The van der Waals surface area contributed by atoms with Crippen molar-refractivity contribution in [3.05, 3.63) is 37.4 Å². The van der Waals surface area contributed by atoms with Crippen LogP contribution in [0.5, 0.6) is 0 Å². The molecule has 0 aliphatic rings. The Bertz CT molecular complexity index is 699. The van der Waals surface area contributed by atoms with Crippen molar-refractivity contribution in [3.8, 4) is 0 Å². The largest absolute Gasteiger partial charge is 0.744 e. The molecular weight excluding hydrogens is 360 g/mol. The van der Waals surface area contributed by atoms with Crippen LogP contribution >= 0.6 is 0 Å². The van der Waals surface area contributed by atoms with Gasteiger partial charge in [-0.3, -0.25) is 0 Å². The number of anilines is 2. The first-order chi connectivity index (χ1) is 10.9. The first-order valence-electron chi connectivity index (χ1n) is 6.27. The van der Waals surface area contributed by atoms with Crippen LogP contribution in [0.15, 0.2) is 47.2 Å². The van der Waals surface area contributed by atoms with E-state index in [-0.39, 0.29) is 0 Å². The highest BCUT2D eigenvalue weighted by Gasteiger charge is 2.14. The number of benzene rings is 1. The Kier molecular flexibility index (Phi) is 10.9. The molecule has 24 heavy (non-hydrogen) atoms. The molecule has 10 N–H and O–H groups in total. The van der Waals surface area contributed by atoms with Crippen LogP contribution in [0.2, 0.25) is 0 Å². The molecule has 0 atom stereocenters. The summed E-state index contributed by atoms with van der Waals surface area (Å²) >= 11 is 0. The maximum atomic E-state index is 10.7. The summed E-state index contributed by atoms with van der Waals surface area (Å²) in [6.45, 7) is 8.50. The van der Waals surface area contributed by atoms with Crippen LogP contribution in [0.1, 0.15) is 0 Å². The van der Waals surface area contributed by atoms with Crippen LogP contribution in [0.25, 0.3) is 0 Å². The zero-order valence-corrected chi connectivity index (χ0v) is 14.6. The lowest BCUT2D eigenvalue weighted by Crippen LogP contribution is -2.48. The minimum Gasteiger partial charge on any atom is -0.744 e. The monoisotopic (exact) mass is 382 g/mol. The summed E-state index contributed by atoms with van der Waals surface area (Å²) in [5, 5.41) is 0.